The highest BCUT2D eigenvalue weighted by molar-refractivity contribution is 7.99. The van der Waals surface area contributed by atoms with Crippen LogP contribution < -0.4 is 5.73 Å². The maximum atomic E-state index is 12.4. The number of hydrogen-bond acceptors (Lipinski definition) is 6. The molecule has 3 rings (SSSR count). The van der Waals surface area contributed by atoms with Crippen LogP contribution in [0.1, 0.15) is 24.8 Å². The maximum Gasteiger partial charge on any atom is 0.277 e. The smallest absolute Gasteiger partial charge is 0.277 e. The predicted octanol–water partition coefficient (Wildman–Crippen LogP) is 2.00. The van der Waals surface area contributed by atoms with Crippen molar-refractivity contribution >= 4 is 23.6 Å². The molecular weight excluding hydrogens is 340 g/mol. The number of carbonyl (C=O) groups is 2. The molecule has 1 aliphatic rings. The molecule has 2 N–H and O–H groups in total. The third-order valence-corrected chi connectivity index (χ3v) is 5.06. The monoisotopic (exact) mass is 360 g/mol. The fraction of sp³-hybridized carbons (Fsp3) is 0.412. The van der Waals surface area contributed by atoms with Crippen LogP contribution in [0.3, 0.4) is 0 Å². The molecule has 132 valence electrons. The molecule has 2 aromatic rings. The molecule has 0 saturated carbocycles. The minimum Gasteiger partial charge on any atom is -0.411 e. The molecular formula is C17H20N4O3S. The molecule has 1 aromatic carbocycles. The summed E-state index contributed by atoms with van der Waals surface area (Å²) in [4.78, 5) is 25.5. The second-order valence-electron chi connectivity index (χ2n) is 5.98. The van der Waals surface area contributed by atoms with Crippen LogP contribution in [-0.2, 0) is 9.59 Å². The van der Waals surface area contributed by atoms with Gasteiger partial charge in [-0.3, -0.25) is 9.59 Å². The number of aromatic nitrogens is 2. The molecule has 2 heterocycles. The summed E-state index contributed by atoms with van der Waals surface area (Å²) in [5, 5.41) is 8.37. The Balaban J connectivity index is 1.63. The van der Waals surface area contributed by atoms with Gasteiger partial charge in [0.1, 0.15) is 6.04 Å². The number of thioether (sulfide) groups is 1. The van der Waals surface area contributed by atoms with E-state index in [-0.39, 0.29) is 11.7 Å². The van der Waals surface area contributed by atoms with Crippen LogP contribution in [0.25, 0.3) is 11.5 Å². The highest BCUT2D eigenvalue weighted by Crippen LogP contribution is 2.26. The zero-order chi connectivity index (χ0) is 17.8. The van der Waals surface area contributed by atoms with Crippen molar-refractivity contribution in [1.29, 1.82) is 0 Å². The van der Waals surface area contributed by atoms with Gasteiger partial charge in [0.15, 0.2) is 0 Å². The van der Waals surface area contributed by atoms with Gasteiger partial charge in [-0.2, -0.15) is 0 Å². The number of hydrogen-bond donors (Lipinski definition) is 1. The van der Waals surface area contributed by atoms with E-state index in [1.807, 2.05) is 31.2 Å². The summed E-state index contributed by atoms with van der Waals surface area (Å²) in [5.74, 6) is -0.0121. The van der Waals surface area contributed by atoms with Gasteiger partial charge < -0.3 is 15.1 Å². The molecule has 0 radical (unpaired) electrons. The molecule has 0 spiro atoms. The van der Waals surface area contributed by atoms with Crippen molar-refractivity contribution < 1.29 is 14.0 Å². The molecule has 7 nitrogen and oxygen atoms in total. The van der Waals surface area contributed by atoms with Gasteiger partial charge in [-0.05, 0) is 37.8 Å². The van der Waals surface area contributed by atoms with Crippen LogP contribution in [0, 0.1) is 6.92 Å². The topological polar surface area (TPSA) is 102 Å². The molecule has 0 aliphatic carbocycles. The average molecular weight is 360 g/mol. The molecule has 1 atom stereocenters. The van der Waals surface area contributed by atoms with E-state index in [1.54, 1.807) is 4.90 Å². The van der Waals surface area contributed by atoms with Crippen molar-refractivity contribution in [3.05, 3.63) is 29.8 Å². The van der Waals surface area contributed by atoms with Gasteiger partial charge >= 0.3 is 0 Å². The first-order chi connectivity index (χ1) is 12.1. The number of nitrogens with two attached hydrogens (primary N) is 1. The van der Waals surface area contributed by atoms with Crippen molar-refractivity contribution in [3.8, 4) is 11.5 Å². The SMILES string of the molecule is Cc1ccccc1-c1nnc(SCC(=O)N2CCCC[C@@H]2C(N)=O)o1. The summed E-state index contributed by atoms with van der Waals surface area (Å²) in [6.45, 7) is 2.53. The number of rotatable bonds is 5. The molecule has 8 heteroatoms. The standard InChI is InChI=1S/C17H20N4O3S/c1-11-6-2-3-7-12(11)16-19-20-17(24-16)25-10-14(22)21-9-5-4-8-13(21)15(18)23/h2-3,6-7,13H,4-5,8-10H2,1H3,(H2,18,23)/t13-/m1/s1. The Bertz CT molecular complexity index is 777. The first-order valence-electron chi connectivity index (χ1n) is 8.17. The number of aryl methyl sites for hydroxylation is 1. The van der Waals surface area contributed by atoms with E-state index in [4.69, 9.17) is 10.2 Å². The largest absolute Gasteiger partial charge is 0.411 e. The van der Waals surface area contributed by atoms with E-state index in [0.717, 1.165) is 24.0 Å². The Morgan fingerprint density at radius 1 is 1.32 bits per heavy atom. The van der Waals surface area contributed by atoms with Gasteiger partial charge in [0.25, 0.3) is 5.22 Å². The summed E-state index contributed by atoms with van der Waals surface area (Å²) in [6, 6.07) is 7.22. The summed E-state index contributed by atoms with van der Waals surface area (Å²) < 4.78 is 5.64. The van der Waals surface area contributed by atoms with Gasteiger partial charge in [-0.15, -0.1) is 10.2 Å². The number of carbonyl (C=O) groups excluding carboxylic acids is 2. The normalized spacial score (nSPS) is 17.5. The van der Waals surface area contributed by atoms with Crippen LogP contribution >= 0.6 is 11.8 Å². The third kappa shape index (κ3) is 4.01. The number of piperidine rings is 1. The zero-order valence-electron chi connectivity index (χ0n) is 14.0. The van der Waals surface area contributed by atoms with Gasteiger partial charge in [-0.25, -0.2) is 0 Å². The van der Waals surface area contributed by atoms with Crippen LogP contribution in [-0.4, -0.2) is 45.3 Å². The van der Waals surface area contributed by atoms with Crippen LogP contribution in [0.2, 0.25) is 0 Å². The number of amides is 2. The Morgan fingerprint density at radius 3 is 2.88 bits per heavy atom. The average Bonchev–Trinajstić information content (AvgIpc) is 3.08. The van der Waals surface area contributed by atoms with Crippen molar-refractivity contribution in [2.45, 2.75) is 37.5 Å². The van der Waals surface area contributed by atoms with E-state index in [0.29, 0.717) is 24.1 Å². The molecule has 0 unspecified atom stereocenters. The lowest BCUT2D eigenvalue weighted by Crippen LogP contribution is -2.51. The summed E-state index contributed by atoms with van der Waals surface area (Å²) in [5.41, 5.74) is 7.32. The fourth-order valence-electron chi connectivity index (χ4n) is 2.92. The summed E-state index contributed by atoms with van der Waals surface area (Å²) >= 11 is 1.17. The number of likely N-dealkylation sites (tertiary alicyclic amines) is 1. The maximum absolute atomic E-state index is 12.4. The third-order valence-electron chi connectivity index (χ3n) is 4.25. The van der Waals surface area contributed by atoms with Crippen LogP contribution in [0.4, 0.5) is 0 Å². The Labute approximate surface area is 150 Å². The minimum atomic E-state index is -0.507. The number of primary amides is 1. The first kappa shape index (κ1) is 17.5. The molecule has 2 amide bonds. The van der Waals surface area contributed by atoms with E-state index < -0.39 is 11.9 Å². The summed E-state index contributed by atoms with van der Waals surface area (Å²) in [7, 11) is 0. The van der Waals surface area contributed by atoms with Gasteiger partial charge in [0, 0.05) is 12.1 Å². The number of benzene rings is 1. The van der Waals surface area contributed by atoms with E-state index >= 15 is 0 Å². The van der Waals surface area contributed by atoms with E-state index in [1.165, 1.54) is 11.8 Å². The second-order valence-corrected chi connectivity index (χ2v) is 6.90. The first-order valence-corrected chi connectivity index (χ1v) is 9.16. The van der Waals surface area contributed by atoms with Crippen molar-refractivity contribution in [2.75, 3.05) is 12.3 Å². The highest BCUT2D eigenvalue weighted by atomic mass is 32.2. The second kappa shape index (κ2) is 7.69. The number of nitrogens with zero attached hydrogens (tertiary/aromatic N) is 3. The molecule has 1 aliphatic heterocycles. The summed E-state index contributed by atoms with van der Waals surface area (Å²) in [6.07, 6.45) is 2.43. The van der Waals surface area contributed by atoms with Gasteiger partial charge in [0.05, 0.1) is 5.75 Å². The molecule has 1 fully saturated rings. The lowest BCUT2D eigenvalue weighted by molar-refractivity contribution is -0.138. The quantitative estimate of drug-likeness (QED) is 0.818. The lowest BCUT2D eigenvalue weighted by atomic mass is 10.0. The Hall–Kier alpha value is -2.35. The van der Waals surface area contributed by atoms with Crippen molar-refractivity contribution in [3.63, 3.8) is 0 Å². The highest BCUT2D eigenvalue weighted by Gasteiger charge is 2.30. The van der Waals surface area contributed by atoms with Crippen LogP contribution in [0.5, 0.6) is 0 Å². The minimum absolute atomic E-state index is 0.135. The Morgan fingerprint density at radius 2 is 2.12 bits per heavy atom. The van der Waals surface area contributed by atoms with Crippen molar-refractivity contribution in [1.82, 2.24) is 15.1 Å². The van der Waals surface area contributed by atoms with Crippen LogP contribution in [0.15, 0.2) is 33.9 Å². The lowest BCUT2D eigenvalue weighted by Gasteiger charge is -2.33. The molecule has 1 saturated heterocycles. The zero-order valence-corrected chi connectivity index (χ0v) is 14.8. The molecule has 25 heavy (non-hydrogen) atoms. The van der Waals surface area contributed by atoms with Crippen molar-refractivity contribution in [2.24, 2.45) is 5.73 Å². The molecule has 0 bridgehead atoms. The molecule has 1 aromatic heterocycles. The predicted molar refractivity (Wildman–Crippen MR) is 93.7 cm³/mol. The Kier molecular flexibility index (Phi) is 5.37. The van der Waals surface area contributed by atoms with E-state index in [2.05, 4.69) is 10.2 Å². The van der Waals surface area contributed by atoms with Gasteiger partial charge in [-0.1, -0.05) is 30.0 Å². The fourth-order valence-corrected chi connectivity index (χ4v) is 3.57. The van der Waals surface area contributed by atoms with E-state index in [9.17, 15) is 9.59 Å². The van der Waals surface area contributed by atoms with Gasteiger partial charge in [0.2, 0.25) is 17.7 Å².